The molecule has 1 aromatic heterocycles. The third-order valence-electron chi connectivity index (χ3n) is 3.15. The molecule has 0 aliphatic carbocycles. The second-order valence-corrected chi connectivity index (χ2v) is 5.00. The minimum atomic E-state index is -0.273. The second-order valence-electron chi connectivity index (χ2n) is 5.00. The molecule has 0 radical (unpaired) electrons. The quantitative estimate of drug-likeness (QED) is 0.801. The molecule has 6 heteroatoms. The number of carbonyl (C=O) groups is 1. The molecule has 2 aromatic rings. The predicted octanol–water partition coefficient (Wildman–Crippen LogP) is 2.40. The van der Waals surface area contributed by atoms with Crippen molar-refractivity contribution in [2.24, 2.45) is 0 Å². The summed E-state index contributed by atoms with van der Waals surface area (Å²) in [6, 6.07) is 9.27. The van der Waals surface area contributed by atoms with Gasteiger partial charge in [0, 0.05) is 19.3 Å². The standard InChI is InChI=1S/C16H20N4O2/c1-11-4-5-12(2)14(10-11)18-16(21)13-6-7-15(20-19-13)17-8-9-22-3/h4-7,10H,8-9H2,1-3H3,(H,17,20)(H,18,21). The highest BCUT2D eigenvalue weighted by Crippen LogP contribution is 2.17. The lowest BCUT2D eigenvalue weighted by molar-refractivity contribution is 0.102. The Morgan fingerprint density at radius 3 is 2.68 bits per heavy atom. The van der Waals surface area contributed by atoms with Gasteiger partial charge in [0.1, 0.15) is 5.82 Å². The lowest BCUT2D eigenvalue weighted by Crippen LogP contribution is -2.16. The molecule has 2 N–H and O–H groups in total. The van der Waals surface area contributed by atoms with Gasteiger partial charge in [-0.3, -0.25) is 4.79 Å². The molecule has 1 amide bonds. The molecule has 0 saturated carbocycles. The average Bonchev–Trinajstić information content (AvgIpc) is 2.52. The molecule has 6 nitrogen and oxygen atoms in total. The number of nitrogens with zero attached hydrogens (tertiary/aromatic N) is 2. The summed E-state index contributed by atoms with van der Waals surface area (Å²) in [4.78, 5) is 12.2. The number of methoxy groups -OCH3 is 1. The summed E-state index contributed by atoms with van der Waals surface area (Å²) in [5, 5.41) is 13.8. The molecule has 1 aromatic carbocycles. The van der Waals surface area contributed by atoms with Gasteiger partial charge in [-0.15, -0.1) is 10.2 Å². The van der Waals surface area contributed by atoms with Crippen LogP contribution in [0.1, 0.15) is 21.6 Å². The first-order valence-corrected chi connectivity index (χ1v) is 7.05. The summed E-state index contributed by atoms with van der Waals surface area (Å²) >= 11 is 0. The third kappa shape index (κ3) is 4.26. The van der Waals surface area contributed by atoms with Gasteiger partial charge < -0.3 is 15.4 Å². The van der Waals surface area contributed by atoms with Gasteiger partial charge in [0.15, 0.2) is 5.69 Å². The molecule has 0 unspecified atom stereocenters. The number of nitrogens with one attached hydrogen (secondary N) is 2. The number of hydrogen-bond acceptors (Lipinski definition) is 5. The maximum Gasteiger partial charge on any atom is 0.276 e. The SMILES string of the molecule is COCCNc1ccc(C(=O)Nc2cc(C)ccc2C)nn1. The molecule has 2 rings (SSSR count). The Kier molecular flexibility index (Phi) is 5.43. The maximum absolute atomic E-state index is 12.2. The zero-order valence-corrected chi connectivity index (χ0v) is 13.0. The molecule has 0 aliphatic rings. The Morgan fingerprint density at radius 2 is 2.00 bits per heavy atom. The van der Waals surface area contributed by atoms with E-state index in [0.29, 0.717) is 19.0 Å². The van der Waals surface area contributed by atoms with E-state index >= 15 is 0 Å². The number of amides is 1. The monoisotopic (exact) mass is 300 g/mol. The van der Waals surface area contributed by atoms with Crippen molar-refractivity contribution in [1.82, 2.24) is 10.2 Å². The normalized spacial score (nSPS) is 10.3. The Bertz CT molecular complexity index is 641. The van der Waals surface area contributed by atoms with E-state index in [4.69, 9.17) is 4.74 Å². The fraction of sp³-hybridized carbons (Fsp3) is 0.312. The molecule has 1 heterocycles. The highest BCUT2D eigenvalue weighted by atomic mass is 16.5. The van der Waals surface area contributed by atoms with Crippen LogP contribution in [0.4, 0.5) is 11.5 Å². The van der Waals surface area contributed by atoms with E-state index in [0.717, 1.165) is 16.8 Å². The molecule has 0 atom stereocenters. The molecule has 0 spiro atoms. The van der Waals surface area contributed by atoms with Gasteiger partial charge in [0.25, 0.3) is 5.91 Å². The minimum Gasteiger partial charge on any atom is -0.383 e. The van der Waals surface area contributed by atoms with Crippen molar-refractivity contribution in [2.75, 3.05) is 30.9 Å². The number of carbonyl (C=O) groups excluding carboxylic acids is 1. The van der Waals surface area contributed by atoms with Crippen LogP contribution in [0.2, 0.25) is 0 Å². The Balaban J connectivity index is 2.02. The van der Waals surface area contributed by atoms with Gasteiger partial charge in [0.05, 0.1) is 6.61 Å². The average molecular weight is 300 g/mol. The van der Waals surface area contributed by atoms with Crippen molar-refractivity contribution in [1.29, 1.82) is 0 Å². The smallest absolute Gasteiger partial charge is 0.276 e. The first kappa shape index (κ1) is 15.9. The van der Waals surface area contributed by atoms with Gasteiger partial charge in [0.2, 0.25) is 0 Å². The van der Waals surface area contributed by atoms with Crippen molar-refractivity contribution in [3.05, 3.63) is 47.2 Å². The van der Waals surface area contributed by atoms with Crippen LogP contribution in [0.5, 0.6) is 0 Å². The van der Waals surface area contributed by atoms with Crippen LogP contribution in [-0.2, 0) is 4.74 Å². The number of anilines is 2. The van der Waals surface area contributed by atoms with E-state index in [1.54, 1.807) is 19.2 Å². The zero-order chi connectivity index (χ0) is 15.9. The Labute approximate surface area is 129 Å². The van der Waals surface area contributed by atoms with Crippen molar-refractivity contribution in [2.45, 2.75) is 13.8 Å². The van der Waals surface area contributed by atoms with Crippen LogP contribution in [0.15, 0.2) is 30.3 Å². The molecule has 0 aliphatic heterocycles. The summed E-state index contributed by atoms with van der Waals surface area (Å²) < 4.78 is 4.94. The van der Waals surface area contributed by atoms with Gasteiger partial charge in [-0.25, -0.2) is 0 Å². The van der Waals surface area contributed by atoms with E-state index in [-0.39, 0.29) is 11.6 Å². The number of ether oxygens (including phenoxy) is 1. The Hall–Kier alpha value is -2.47. The van der Waals surface area contributed by atoms with Gasteiger partial charge in [-0.2, -0.15) is 0 Å². The molecular formula is C16H20N4O2. The third-order valence-corrected chi connectivity index (χ3v) is 3.15. The molecule has 22 heavy (non-hydrogen) atoms. The van der Waals surface area contributed by atoms with Crippen LogP contribution in [0.25, 0.3) is 0 Å². The Morgan fingerprint density at radius 1 is 1.18 bits per heavy atom. The van der Waals surface area contributed by atoms with E-state index in [9.17, 15) is 4.79 Å². The number of rotatable bonds is 6. The number of benzene rings is 1. The summed E-state index contributed by atoms with van der Waals surface area (Å²) in [5.74, 6) is 0.338. The summed E-state index contributed by atoms with van der Waals surface area (Å²) in [6.07, 6.45) is 0. The van der Waals surface area contributed by atoms with Crippen LogP contribution < -0.4 is 10.6 Å². The molecular weight excluding hydrogens is 280 g/mol. The van der Waals surface area contributed by atoms with Crippen molar-refractivity contribution in [3.8, 4) is 0 Å². The molecule has 116 valence electrons. The van der Waals surface area contributed by atoms with E-state index in [1.807, 2.05) is 32.0 Å². The van der Waals surface area contributed by atoms with Crippen LogP contribution in [-0.4, -0.2) is 36.4 Å². The first-order chi connectivity index (χ1) is 10.6. The molecule has 0 saturated heterocycles. The highest BCUT2D eigenvalue weighted by molar-refractivity contribution is 6.03. The maximum atomic E-state index is 12.2. The van der Waals surface area contributed by atoms with Gasteiger partial charge >= 0.3 is 0 Å². The topological polar surface area (TPSA) is 76.1 Å². The zero-order valence-electron chi connectivity index (χ0n) is 13.0. The number of aromatic nitrogens is 2. The summed E-state index contributed by atoms with van der Waals surface area (Å²) in [7, 11) is 1.63. The van der Waals surface area contributed by atoms with Gasteiger partial charge in [-0.1, -0.05) is 12.1 Å². The number of hydrogen-bond donors (Lipinski definition) is 2. The largest absolute Gasteiger partial charge is 0.383 e. The van der Waals surface area contributed by atoms with Gasteiger partial charge in [-0.05, 0) is 43.2 Å². The number of aryl methyl sites for hydroxylation is 2. The van der Waals surface area contributed by atoms with Crippen LogP contribution in [0, 0.1) is 13.8 Å². The van der Waals surface area contributed by atoms with E-state index in [1.165, 1.54) is 0 Å². The van der Waals surface area contributed by atoms with E-state index in [2.05, 4.69) is 20.8 Å². The fourth-order valence-electron chi connectivity index (χ4n) is 1.89. The minimum absolute atomic E-state index is 0.273. The lowest BCUT2D eigenvalue weighted by atomic mass is 10.1. The van der Waals surface area contributed by atoms with Crippen LogP contribution >= 0.6 is 0 Å². The fourth-order valence-corrected chi connectivity index (χ4v) is 1.89. The highest BCUT2D eigenvalue weighted by Gasteiger charge is 2.10. The predicted molar refractivity (Wildman–Crippen MR) is 86.3 cm³/mol. The summed E-state index contributed by atoms with van der Waals surface area (Å²) in [6.45, 7) is 5.15. The van der Waals surface area contributed by atoms with Crippen LogP contribution in [0.3, 0.4) is 0 Å². The van der Waals surface area contributed by atoms with Crippen molar-refractivity contribution >= 4 is 17.4 Å². The van der Waals surface area contributed by atoms with Crippen molar-refractivity contribution < 1.29 is 9.53 Å². The first-order valence-electron chi connectivity index (χ1n) is 7.05. The molecule has 0 fully saturated rings. The second kappa shape index (κ2) is 7.51. The summed E-state index contributed by atoms with van der Waals surface area (Å²) in [5.41, 5.74) is 3.15. The van der Waals surface area contributed by atoms with E-state index < -0.39 is 0 Å². The lowest BCUT2D eigenvalue weighted by Gasteiger charge is -2.09. The molecule has 0 bridgehead atoms. The van der Waals surface area contributed by atoms with Crippen molar-refractivity contribution in [3.63, 3.8) is 0 Å².